The normalized spacial score (nSPS) is 11.3. The maximum absolute atomic E-state index is 12.2. The molecule has 97 valence electrons. The second-order valence-electron chi connectivity index (χ2n) is 4.02. The summed E-state index contributed by atoms with van der Waals surface area (Å²) in [7, 11) is -3.34. The molecule has 0 aliphatic carbocycles. The molecule has 0 fully saturated rings. The van der Waals surface area contributed by atoms with Gasteiger partial charge in [0.25, 0.3) is 0 Å². The smallest absolute Gasteiger partial charge is 0.195 e. The van der Waals surface area contributed by atoms with E-state index in [9.17, 15) is 13.2 Å². The van der Waals surface area contributed by atoms with E-state index >= 15 is 0 Å². The summed E-state index contributed by atoms with van der Waals surface area (Å²) in [5.74, 6) is -0.286. The molecule has 0 unspecified atom stereocenters. The summed E-state index contributed by atoms with van der Waals surface area (Å²) < 4.78 is 22.8. The van der Waals surface area contributed by atoms with Gasteiger partial charge >= 0.3 is 0 Å². The fraction of sp³-hybridized carbons (Fsp3) is 0.0714. The highest BCUT2D eigenvalue weighted by Crippen LogP contribution is 2.23. The summed E-state index contributed by atoms with van der Waals surface area (Å²) in [5.41, 5.74) is 0.646. The van der Waals surface area contributed by atoms with Gasteiger partial charge in [0.2, 0.25) is 0 Å². The van der Waals surface area contributed by atoms with Crippen LogP contribution in [0.3, 0.4) is 0 Å². The lowest BCUT2D eigenvalue weighted by Gasteiger charge is -2.05. The van der Waals surface area contributed by atoms with Crippen molar-refractivity contribution in [3.05, 3.63) is 64.7 Å². The SMILES string of the molecule is CS(=O)(=O)c1ccc(C(=O)c2[c]cccc2)c(Cl)c1. The molecule has 3 nitrogen and oxygen atoms in total. The molecular formula is C14H10ClO3S. The number of ketones is 1. The number of halogens is 1. The van der Waals surface area contributed by atoms with Gasteiger partial charge in [-0.1, -0.05) is 35.9 Å². The Hall–Kier alpha value is -1.65. The summed E-state index contributed by atoms with van der Waals surface area (Å²) in [6.45, 7) is 0. The summed E-state index contributed by atoms with van der Waals surface area (Å²) in [5, 5.41) is 0.116. The van der Waals surface area contributed by atoms with Gasteiger partial charge in [0.15, 0.2) is 15.6 Å². The van der Waals surface area contributed by atoms with Crippen LogP contribution < -0.4 is 0 Å². The largest absolute Gasteiger partial charge is 0.289 e. The van der Waals surface area contributed by atoms with E-state index in [2.05, 4.69) is 6.07 Å². The third-order valence-corrected chi connectivity index (χ3v) is 3.99. The molecule has 2 aromatic carbocycles. The van der Waals surface area contributed by atoms with Crippen molar-refractivity contribution < 1.29 is 13.2 Å². The summed E-state index contributed by atoms with van der Waals surface area (Å²) in [6.07, 6.45) is 1.09. The second kappa shape index (κ2) is 5.15. The topological polar surface area (TPSA) is 51.2 Å². The number of sulfone groups is 1. The van der Waals surface area contributed by atoms with Crippen LogP contribution in [-0.2, 0) is 9.84 Å². The van der Waals surface area contributed by atoms with E-state index in [-0.39, 0.29) is 21.3 Å². The maximum Gasteiger partial charge on any atom is 0.195 e. The maximum atomic E-state index is 12.2. The van der Waals surface area contributed by atoms with Crippen molar-refractivity contribution in [2.24, 2.45) is 0 Å². The van der Waals surface area contributed by atoms with E-state index in [1.54, 1.807) is 24.3 Å². The van der Waals surface area contributed by atoms with E-state index in [1.165, 1.54) is 18.2 Å². The van der Waals surface area contributed by atoms with Gasteiger partial charge in [0, 0.05) is 17.4 Å². The van der Waals surface area contributed by atoms with Crippen LogP contribution in [-0.4, -0.2) is 20.5 Å². The van der Waals surface area contributed by atoms with Crippen molar-refractivity contribution in [2.45, 2.75) is 4.90 Å². The van der Waals surface area contributed by atoms with Crippen molar-refractivity contribution in [1.29, 1.82) is 0 Å². The van der Waals surface area contributed by atoms with E-state index in [0.717, 1.165) is 6.26 Å². The second-order valence-corrected chi connectivity index (χ2v) is 6.44. The van der Waals surface area contributed by atoms with Crippen molar-refractivity contribution in [3.63, 3.8) is 0 Å². The first kappa shape index (κ1) is 13.8. The van der Waals surface area contributed by atoms with E-state index in [4.69, 9.17) is 11.6 Å². The van der Waals surface area contributed by atoms with Gasteiger partial charge in [-0.15, -0.1) is 0 Å². The Morgan fingerprint density at radius 1 is 1.21 bits per heavy atom. The van der Waals surface area contributed by atoms with Crippen LogP contribution in [0, 0.1) is 6.07 Å². The highest BCUT2D eigenvalue weighted by molar-refractivity contribution is 7.90. The highest BCUT2D eigenvalue weighted by Gasteiger charge is 2.15. The number of benzene rings is 2. The quantitative estimate of drug-likeness (QED) is 0.818. The fourth-order valence-electron chi connectivity index (χ4n) is 1.59. The average Bonchev–Trinajstić information content (AvgIpc) is 2.38. The summed E-state index contributed by atoms with van der Waals surface area (Å²) in [4.78, 5) is 12.3. The Kier molecular flexibility index (Phi) is 3.73. The molecule has 1 radical (unpaired) electrons. The standard InChI is InChI=1S/C14H10ClO3S/c1-19(17,18)11-7-8-12(13(15)9-11)14(16)10-5-3-2-4-6-10/h2-5,7-9H,1H3. The molecule has 2 rings (SSSR count). The molecule has 2 aromatic rings. The Balaban J connectivity index is 2.46. The minimum absolute atomic E-state index is 0.0890. The molecule has 0 spiro atoms. The van der Waals surface area contributed by atoms with E-state index in [1.807, 2.05) is 0 Å². The molecular weight excluding hydrogens is 284 g/mol. The molecule has 19 heavy (non-hydrogen) atoms. The van der Waals surface area contributed by atoms with E-state index < -0.39 is 9.84 Å². The zero-order valence-electron chi connectivity index (χ0n) is 10.1. The average molecular weight is 294 g/mol. The molecule has 0 saturated heterocycles. The molecule has 0 aliphatic rings. The molecule has 0 saturated carbocycles. The summed E-state index contributed by atoms with van der Waals surface area (Å²) in [6, 6.07) is 13.6. The van der Waals surface area contributed by atoms with Crippen molar-refractivity contribution in [2.75, 3.05) is 6.26 Å². The number of carbonyl (C=O) groups is 1. The molecule has 0 aromatic heterocycles. The molecule has 0 amide bonds. The lowest BCUT2D eigenvalue weighted by atomic mass is 10.0. The van der Waals surface area contributed by atoms with Gasteiger partial charge in [-0.05, 0) is 24.3 Å². The van der Waals surface area contributed by atoms with Gasteiger partial charge < -0.3 is 0 Å². The van der Waals surface area contributed by atoms with Crippen LogP contribution in [0.15, 0.2) is 47.4 Å². The zero-order valence-corrected chi connectivity index (χ0v) is 11.6. The summed E-state index contributed by atoms with van der Waals surface area (Å²) >= 11 is 5.98. The van der Waals surface area contributed by atoms with Gasteiger partial charge in [-0.3, -0.25) is 4.79 Å². The monoisotopic (exact) mass is 293 g/mol. The fourth-order valence-corrected chi connectivity index (χ4v) is 2.57. The Morgan fingerprint density at radius 2 is 1.95 bits per heavy atom. The first-order valence-corrected chi connectivity index (χ1v) is 7.67. The lowest BCUT2D eigenvalue weighted by molar-refractivity contribution is 0.103. The third-order valence-electron chi connectivity index (χ3n) is 2.57. The van der Waals surface area contributed by atoms with Gasteiger partial charge in [-0.2, -0.15) is 0 Å². The van der Waals surface area contributed by atoms with Gasteiger partial charge in [-0.25, -0.2) is 8.42 Å². The Labute approximate surface area is 116 Å². The molecule has 0 bridgehead atoms. The van der Waals surface area contributed by atoms with Crippen LogP contribution >= 0.6 is 11.6 Å². The number of hydrogen-bond acceptors (Lipinski definition) is 3. The molecule has 5 heteroatoms. The van der Waals surface area contributed by atoms with Crippen LogP contribution in [0.2, 0.25) is 5.02 Å². The van der Waals surface area contributed by atoms with Crippen LogP contribution in [0.4, 0.5) is 0 Å². The lowest BCUT2D eigenvalue weighted by Crippen LogP contribution is -2.04. The number of rotatable bonds is 3. The predicted octanol–water partition coefficient (Wildman–Crippen LogP) is 2.77. The molecule has 0 N–H and O–H groups in total. The van der Waals surface area contributed by atoms with Crippen LogP contribution in [0.5, 0.6) is 0 Å². The van der Waals surface area contributed by atoms with Crippen LogP contribution in [0.25, 0.3) is 0 Å². The van der Waals surface area contributed by atoms with Crippen molar-refractivity contribution in [1.82, 2.24) is 0 Å². The first-order valence-electron chi connectivity index (χ1n) is 5.40. The molecule has 0 heterocycles. The van der Waals surface area contributed by atoms with Crippen molar-refractivity contribution in [3.8, 4) is 0 Å². The molecule has 0 atom stereocenters. The first-order chi connectivity index (χ1) is 8.89. The minimum Gasteiger partial charge on any atom is -0.289 e. The third kappa shape index (κ3) is 3.03. The van der Waals surface area contributed by atoms with Crippen molar-refractivity contribution >= 4 is 27.2 Å². The van der Waals surface area contributed by atoms with Gasteiger partial charge in [0.05, 0.1) is 9.92 Å². The van der Waals surface area contributed by atoms with Crippen LogP contribution in [0.1, 0.15) is 15.9 Å². The number of carbonyl (C=O) groups excluding carboxylic acids is 1. The predicted molar refractivity (Wildman–Crippen MR) is 73.3 cm³/mol. The Morgan fingerprint density at radius 3 is 2.47 bits per heavy atom. The zero-order chi connectivity index (χ0) is 14.0. The molecule has 0 aliphatic heterocycles. The number of hydrogen-bond donors (Lipinski definition) is 0. The minimum atomic E-state index is -3.34. The Bertz CT molecular complexity index is 722. The van der Waals surface area contributed by atoms with Gasteiger partial charge in [0.1, 0.15) is 0 Å². The highest BCUT2D eigenvalue weighted by atomic mass is 35.5. The van der Waals surface area contributed by atoms with E-state index in [0.29, 0.717) is 5.56 Å².